The average molecular weight is 426 g/mol. The molecule has 3 aromatic rings. The summed E-state index contributed by atoms with van der Waals surface area (Å²) in [5.41, 5.74) is 2.01. The fourth-order valence-corrected chi connectivity index (χ4v) is 3.05. The minimum absolute atomic E-state index is 0.133. The van der Waals surface area contributed by atoms with Crippen molar-refractivity contribution in [2.75, 3.05) is 6.61 Å². The quantitative estimate of drug-likeness (QED) is 0.603. The van der Waals surface area contributed by atoms with E-state index >= 15 is 0 Å². The normalized spacial score (nSPS) is 10.7. The second kappa shape index (κ2) is 9.37. The van der Waals surface area contributed by atoms with Crippen LogP contribution in [0.3, 0.4) is 0 Å². The van der Waals surface area contributed by atoms with Crippen LogP contribution in [0.5, 0.6) is 0 Å². The summed E-state index contributed by atoms with van der Waals surface area (Å²) in [6.07, 6.45) is 0. The fraction of sp³-hybridized carbons (Fsp3) is 0.182. The molecule has 0 saturated heterocycles. The van der Waals surface area contributed by atoms with Crippen molar-refractivity contribution in [3.05, 3.63) is 65.2 Å². The standard InChI is InChI=1S/C22H20ClN3O4/c1-13(2)24-22(29)26-20(27)12-30-21(28)16-11-19(15-8-3-5-9-17(15)23)25-18-10-6-4-7-14(16)18/h3-11,13H,12H2,1-2H3,(H2,24,26,27,29). The maximum Gasteiger partial charge on any atom is 0.339 e. The van der Waals surface area contributed by atoms with Gasteiger partial charge in [-0.15, -0.1) is 0 Å². The van der Waals surface area contributed by atoms with Crippen molar-refractivity contribution in [3.8, 4) is 11.3 Å². The van der Waals surface area contributed by atoms with Crippen molar-refractivity contribution in [3.63, 3.8) is 0 Å². The molecule has 0 atom stereocenters. The number of para-hydroxylation sites is 1. The van der Waals surface area contributed by atoms with E-state index < -0.39 is 24.5 Å². The first-order valence-electron chi connectivity index (χ1n) is 9.27. The molecule has 3 amide bonds. The Morgan fingerprint density at radius 2 is 1.77 bits per heavy atom. The lowest BCUT2D eigenvalue weighted by Crippen LogP contribution is -2.44. The van der Waals surface area contributed by atoms with Crippen LogP contribution in [0.15, 0.2) is 54.6 Å². The molecular formula is C22H20ClN3O4. The zero-order valence-electron chi connectivity index (χ0n) is 16.4. The molecule has 0 aliphatic rings. The monoisotopic (exact) mass is 425 g/mol. The highest BCUT2D eigenvalue weighted by molar-refractivity contribution is 6.33. The number of hydrogen-bond acceptors (Lipinski definition) is 5. The second-order valence-corrected chi connectivity index (χ2v) is 7.21. The number of imide groups is 1. The van der Waals surface area contributed by atoms with Crippen molar-refractivity contribution in [2.24, 2.45) is 0 Å². The van der Waals surface area contributed by atoms with Crippen LogP contribution >= 0.6 is 11.6 Å². The molecule has 0 radical (unpaired) electrons. The molecule has 0 saturated carbocycles. The largest absolute Gasteiger partial charge is 0.452 e. The molecule has 0 aliphatic carbocycles. The molecule has 1 aromatic heterocycles. The number of carbonyl (C=O) groups excluding carboxylic acids is 3. The molecule has 2 aromatic carbocycles. The number of halogens is 1. The van der Waals surface area contributed by atoms with Crippen LogP contribution in [0.25, 0.3) is 22.2 Å². The number of aromatic nitrogens is 1. The molecule has 0 aliphatic heterocycles. The molecule has 0 spiro atoms. The number of rotatable bonds is 5. The minimum atomic E-state index is -0.730. The third kappa shape index (κ3) is 5.12. The van der Waals surface area contributed by atoms with Gasteiger partial charge in [0.05, 0.1) is 16.8 Å². The van der Waals surface area contributed by atoms with Crippen LogP contribution in [0, 0.1) is 0 Å². The number of ether oxygens (including phenoxy) is 1. The van der Waals surface area contributed by atoms with Crippen LogP contribution in [-0.2, 0) is 9.53 Å². The lowest BCUT2D eigenvalue weighted by molar-refractivity contribution is -0.123. The number of nitrogens with one attached hydrogen (secondary N) is 2. The van der Waals surface area contributed by atoms with E-state index in [2.05, 4.69) is 15.6 Å². The fourth-order valence-electron chi connectivity index (χ4n) is 2.82. The molecule has 30 heavy (non-hydrogen) atoms. The molecule has 8 heteroatoms. The number of fused-ring (bicyclic) bond motifs is 1. The Kier molecular flexibility index (Phi) is 6.64. The Bertz CT molecular complexity index is 1110. The lowest BCUT2D eigenvalue weighted by atomic mass is 10.0. The van der Waals surface area contributed by atoms with E-state index in [1.807, 2.05) is 12.1 Å². The van der Waals surface area contributed by atoms with Gasteiger partial charge in [0, 0.05) is 22.0 Å². The molecule has 0 bridgehead atoms. The molecular weight excluding hydrogens is 406 g/mol. The van der Waals surface area contributed by atoms with Crippen LogP contribution in [0.4, 0.5) is 4.79 Å². The predicted molar refractivity (Wildman–Crippen MR) is 114 cm³/mol. The van der Waals surface area contributed by atoms with Crippen LogP contribution in [0.2, 0.25) is 5.02 Å². The van der Waals surface area contributed by atoms with Gasteiger partial charge in [-0.05, 0) is 32.0 Å². The number of hydrogen-bond donors (Lipinski definition) is 2. The second-order valence-electron chi connectivity index (χ2n) is 6.80. The minimum Gasteiger partial charge on any atom is -0.452 e. The van der Waals surface area contributed by atoms with Crippen molar-refractivity contribution in [2.45, 2.75) is 19.9 Å². The Hall–Kier alpha value is -3.45. The predicted octanol–water partition coefficient (Wildman–Crippen LogP) is 3.95. The van der Waals surface area contributed by atoms with Crippen molar-refractivity contribution in [1.29, 1.82) is 0 Å². The number of carbonyl (C=O) groups is 3. The Labute approximate surface area is 178 Å². The third-order valence-corrected chi connectivity index (χ3v) is 4.42. The Morgan fingerprint density at radius 1 is 1.07 bits per heavy atom. The van der Waals surface area contributed by atoms with Gasteiger partial charge in [-0.25, -0.2) is 14.6 Å². The Morgan fingerprint density at radius 3 is 2.50 bits per heavy atom. The van der Waals surface area contributed by atoms with Gasteiger partial charge in [0.15, 0.2) is 6.61 Å². The van der Waals surface area contributed by atoms with Crippen LogP contribution in [-0.4, -0.2) is 35.5 Å². The summed E-state index contributed by atoms with van der Waals surface area (Å²) in [5.74, 6) is -1.44. The average Bonchev–Trinajstić information content (AvgIpc) is 2.71. The summed E-state index contributed by atoms with van der Waals surface area (Å²) in [6, 6.07) is 15.1. The summed E-state index contributed by atoms with van der Waals surface area (Å²) in [4.78, 5) is 40.8. The summed E-state index contributed by atoms with van der Waals surface area (Å²) in [7, 11) is 0. The van der Waals surface area contributed by atoms with E-state index in [-0.39, 0.29) is 11.6 Å². The number of pyridine rings is 1. The van der Waals surface area contributed by atoms with E-state index in [4.69, 9.17) is 16.3 Å². The molecule has 7 nitrogen and oxygen atoms in total. The molecule has 1 heterocycles. The van der Waals surface area contributed by atoms with Gasteiger partial charge in [0.25, 0.3) is 5.91 Å². The maximum absolute atomic E-state index is 12.7. The van der Waals surface area contributed by atoms with E-state index in [1.54, 1.807) is 56.3 Å². The van der Waals surface area contributed by atoms with Gasteiger partial charge in [0.2, 0.25) is 0 Å². The summed E-state index contributed by atoms with van der Waals surface area (Å²) >= 11 is 6.28. The van der Waals surface area contributed by atoms with E-state index in [0.29, 0.717) is 27.2 Å². The van der Waals surface area contributed by atoms with Crippen molar-refractivity contribution in [1.82, 2.24) is 15.6 Å². The number of nitrogens with zero attached hydrogens (tertiary/aromatic N) is 1. The third-order valence-electron chi connectivity index (χ3n) is 4.09. The summed E-state index contributed by atoms with van der Waals surface area (Å²) in [5, 5.41) is 5.70. The first-order chi connectivity index (χ1) is 14.3. The highest BCUT2D eigenvalue weighted by atomic mass is 35.5. The van der Waals surface area contributed by atoms with Gasteiger partial charge in [-0.1, -0.05) is 48.0 Å². The number of amides is 3. The SMILES string of the molecule is CC(C)NC(=O)NC(=O)COC(=O)c1cc(-c2ccccc2Cl)nc2ccccc12. The lowest BCUT2D eigenvalue weighted by Gasteiger charge is -2.11. The molecule has 2 N–H and O–H groups in total. The molecule has 154 valence electrons. The van der Waals surface area contributed by atoms with Gasteiger partial charge >= 0.3 is 12.0 Å². The number of benzene rings is 2. The maximum atomic E-state index is 12.7. The molecule has 3 rings (SSSR count). The van der Waals surface area contributed by atoms with Gasteiger partial charge in [-0.3, -0.25) is 10.1 Å². The summed E-state index contributed by atoms with van der Waals surface area (Å²) in [6.45, 7) is 2.92. The highest BCUT2D eigenvalue weighted by Gasteiger charge is 2.18. The molecule has 0 fully saturated rings. The van der Waals surface area contributed by atoms with Crippen LogP contribution < -0.4 is 10.6 Å². The van der Waals surface area contributed by atoms with Gasteiger partial charge < -0.3 is 10.1 Å². The zero-order chi connectivity index (χ0) is 21.7. The number of urea groups is 1. The number of esters is 1. The highest BCUT2D eigenvalue weighted by Crippen LogP contribution is 2.30. The van der Waals surface area contributed by atoms with Gasteiger partial charge in [0.1, 0.15) is 0 Å². The smallest absolute Gasteiger partial charge is 0.339 e. The van der Waals surface area contributed by atoms with Crippen molar-refractivity contribution >= 4 is 40.4 Å². The van der Waals surface area contributed by atoms with E-state index in [1.165, 1.54) is 0 Å². The summed E-state index contributed by atoms with van der Waals surface area (Å²) < 4.78 is 5.13. The molecule has 0 unspecified atom stereocenters. The van der Waals surface area contributed by atoms with Gasteiger partial charge in [-0.2, -0.15) is 0 Å². The Balaban J connectivity index is 1.84. The first-order valence-corrected chi connectivity index (χ1v) is 9.65. The van der Waals surface area contributed by atoms with Crippen LogP contribution in [0.1, 0.15) is 24.2 Å². The van der Waals surface area contributed by atoms with E-state index in [9.17, 15) is 14.4 Å². The zero-order valence-corrected chi connectivity index (χ0v) is 17.2. The topological polar surface area (TPSA) is 97.4 Å². The van der Waals surface area contributed by atoms with Crippen molar-refractivity contribution < 1.29 is 19.1 Å². The first kappa shape index (κ1) is 21.3. The van der Waals surface area contributed by atoms with E-state index in [0.717, 1.165) is 0 Å².